The van der Waals surface area contributed by atoms with Gasteiger partial charge >= 0.3 is 5.97 Å². The van der Waals surface area contributed by atoms with Crippen molar-refractivity contribution in [2.45, 2.75) is 0 Å². The quantitative estimate of drug-likeness (QED) is 0.803. The van der Waals surface area contributed by atoms with E-state index in [1.165, 1.54) is 41.2 Å². The topological polar surface area (TPSA) is 77.1 Å². The van der Waals surface area contributed by atoms with E-state index in [0.29, 0.717) is 11.3 Å². The van der Waals surface area contributed by atoms with Crippen LogP contribution < -0.4 is 5.43 Å². The largest absolute Gasteiger partial charge is 0.477 e. The predicted octanol–water partition coefficient (Wildman–Crippen LogP) is 2.08. The first kappa shape index (κ1) is 14.7. The van der Waals surface area contributed by atoms with Gasteiger partial charge in [-0.2, -0.15) is 5.10 Å². The third-order valence-electron chi connectivity index (χ3n) is 3.40. The summed E-state index contributed by atoms with van der Waals surface area (Å²) in [6.07, 6.45) is 5.99. The van der Waals surface area contributed by atoms with Crippen molar-refractivity contribution in [1.82, 2.24) is 14.3 Å². The number of aryl methyl sites for hydroxylation is 1. The van der Waals surface area contributed by atoms with Crippen LogP contribution in [-0.4, -0.2) is 25.4 Å². The lowest BCUT2D eigenvalue weighted by Crippen LogP contribution is -2.19. The average molecular weight is 313 g/mol. The molecule has 1 N–H and O–H groups in total. The molecule has 116 valence electrons. The standard InChI is InChI=1S/C16H12FN3O3/c1-19-7-12(6-18-19)20-8-13(10-2-4-11(17)5-3-10)15(21)14(9-20)16(22)23/h2-9H,1H3,(H,22,23). The number of carbonyl (C=O) groups is 1. The van der Waals surface area contributed by atoms with Gasteiger partial charge in [0.05, 0.1) is 11.9 Å². The normalized spacial score (nSPS) is 10.7. The number of carboxylic acid groups (broad SMARTS) is 1. The Morgan fingerprint density at radius 3 is 2.43 bits per heavy atom. The molecule has 2 heterocycles. The zero-order chi connectivity index (χ0) is 16.6. The molecule has 0 unspecified atom stereocenters. The lowest BCUT2D eigenvalue weighted by Gasteiger charge is -2.09. The van der Waals surface area contributed by atoms with E-state index in [2.05, 4.69) is 5.10 Å². The highest BCUT2D eigenvalue weighted by Gasteiger charge is 2.16. The van der Waals surface area contributed by atoms with Gasteiger partial charge in [-0.1, -0.05) is 12.1 Å². The van der Waals surface area contributed by atoms with Crippen LogP contribution >= 0.6 is 0 Å². The first-order valence-corrected chi connectivity index (χ1v) is 6.70. The first-order chi connectivity index (χ1) is 11.0. The maximum atomic E-state index is 13.1. The van der Waals surface area contributed by atoms with Crippen LogP contribution in [0, 0.1) is 5.82 Å². The third-order valence-corrected chi connectivity index (χ3v) is 3.40. The lowest BCUT2D eigenvalue weighted by molar-refractivity contribution is 0.0695. The van der Waals surface area contributed by atoms with E-state index < -0.39 is 17.2 Å². The number of halogens is 1. The first-order valence-electron chi connectivity index (χ1n) is 6.70. The van der Waals surface area contributed by atoms with Gasteiger partial charge in [0.1, 0.15) is 11.4 Å². The Kier molecular flexibility index (Phi) is 3.53. The number of pyridine rings is 1. The van der Waals surface area contributed by atoms with Gasteiger partial charge in [0, 0.05) is 31.2 Å². The Morgan fingerprint density at radius 1 is 1.17 bits per heavy atom. The molecule has 3 aromatic rings. The minimum absolute atomic E-state index is 0.175. The van der Waals surface area contributed by atoms with Crippen molar-refractivity contribution in [1.29, 1.82) is 0 Å². The molecule has 2 aromatic heterocycles. The number of rotatable bonds is 3. The Labute approximate surface area is 130 Å². The number of nitrogens with zero attached hydrogens (tertiary/aromatic N) is 3. The van der Waals surface area contributed by atoms with Gasteiger partial charge in [0.15, 0.2) is 0 Å². The van der Waals surface area contributed by atoms with Crippen molar-refractivity contribution in [3.05, 3.63) is 70.7 Å². The molecule has 0 aliphatic carbocycles. The minimum Gasteiger partial charge on any atom is -0.477 e. The molecule has 6 nitrogen and oxygen atoms in total. The average Bonchev–Trinajstić information content (AvgIpc) is 2.95. The van der Waals surface area contributed by atoms with Crippen LogP contribution in [0.5, 0.6) is 0 Å². The number of aromatic nitrogens is 3. The van der Waals surface area contributed by atoms with Crippen LogP contribution in [0.4, 0.5) is 4.39 Å². The van der Waals surface area contributed by atoms with E-state index in [9.17, 15) is 19.1 Å². The van der Waals surface area contributed by atoms with Gasteiger partial charge < -0.3 is 9.67 Å². The van der Waals surface area contributed by atoms with Crippen molar-refractivity contribution in [2.24, 2.45) is 7.05 Å². The molecule has 0 radical (unpaired) electrons. The Morgan fingerprint density at radius 2 is 1.87 bits per heavy atom. The fourth-order valence-corrected chi connectivity index (χ4v) is 2.26. The molecule has 0 spiro atoms. The lowest BCUT2D eigenvalue weighted by atomic mass is 10.0. The molecular formula is C16H12FN3O3. The van der Waals surface area contributed by atoms with Gasteiger partial charge in [0.25, 0.3) is 0 Å². The summed E-state index contributed by atoms with van der Waals surface area (Å²) in [4.78, 5) is 23.7. The highest BCUT2D eigenvalue weighted by molar-refractivity contribution is 5.89. The van der Waals surface area contributed by atoms with Gasteiger partial charge in [-0.3, -0.25) is 9.48 Å². The summed E-state index contributed by atoms with van der Waals surface area (Å²) in [7, 11) is 1.73. The van der Waals surface area contributed by atoms with E-state index in [-0.39, 0.29) is 11.1 Å². The smallest absolute Gasteiger partial charge is 0.341 e. The number of hydrogen-bond donors (Lipinski definition) is 1. The zero-order valence-corrected chi connectivity index (χ0v) is 12.1. The van der Waals surface area contributed by atoms with E-state index in [1.54, 1.807) is 24.1 Å². The second kappa shape index (κ2) is 5.53. The maximum absolute atomic E-state index is 13.1. The van der Waals surface area contributed by atoms with E-state index in [4.69, 9.17) is 0 Å². The third kappa shape index (κ3) is 2.76. The summed E-state index contributed by atoms with van der Waals surface area (Å²) in [6, 6.07) is 5.31. The maximum Gasteiger partial charge on any atom is 0.341 e. The monoisotopic (exact) mass is 313 g/mol. The van der Waals surface area contributed by atoms with Crippen LogP contribution in [0.25, 0.3) is 16.8 Å². The molecule has 0 aliphatic rings. The van der Waals surface area contributed by atoms with Crippen LogP contribution in [0.2, 0.25) is 0 Å². The van der Waals surface area contributed by atoms with E-state index in [0.717, 1.165) is 0 Å². The summed E-state index contributed by atoms with van der Waals surface area (Å²) in [6.45, 7) is 0. The zero-order valence-electron chi connectivity index (χ0n) is 12.1. The van der Waals surface area contributed by atoms with Crippen LogP contribution in [-0.2, 0) is 7.05 Å². The summed E-state index contributed by atoms with van der Waals surface area (Å²) >= 11 is 0. The molecule has 0 aliphatic heterocycles. The summed E-state index contributed by atoms with van der Waals surface area (Å²) in [5.74, 6) is -1.76. The van der Waals surface area contributed by atoms with Crippen molar-refractivity contribution >= 4 is 5.97 Å². The molecule has 0 saturated carbocycles. The van der Waals surface area contributed by atoms with Crippen LogP contribution in [0.15, 0.2) is 53.8 Å². The van der Waals surface area contributed by atoms with Gasteiger partial charge in [-0.15, -0.1) is 0 Å². The van der Waals surface area contributed by atoms with Gasteiger partial charge in [-0.25, -0.2) is 9.18 Å². The van der Waals surface area contributed by atoms with Crippen molar-refractivity contribution < 1.29 is 14.3 Å². The Hall–Kier alpha value is -3.22. The summed E-state index contributed by atoms with van der Waals surface area (Å²) in [5, 5.41) is 13.3. The highest BCUT2D eigenvalue weighted by atomic mass is 19.1. The Balaban J connectivity index is 2.26. The number of carboxylic acids is 1. The predicted molar refractivity (Wildman–Crippen MR) is 81.2 cm³/mol. The molecule has 0 amide bonds. The molecule has 7 heteroatoms. The van der Waals surface area contributed by atoms with Crippen molar-refractivity contribution in [3.63, 3.8) is 0 Å². The second-order valence-corrected chi connectivity index (χ2v) is 5.01. The van der Waals surface area contributed by atoms with E-state index in [1.807, 2.05) is 0 Å². The molecular weight excluding hydrogens is 301 g/mol. The second-order valence-electron chi connectivity index (χ2n) is 5.01. The van der Waals surface area contributed by atoms with Crippen LogP contribution in [0.1, 0.15) is 10.4 Å². The number of aromatic carboxylic acids is 1. The van der Waals surface area contributed by atoms with Crippen molar-refractivity contribution in [2.75, 3.05) is 0 Å². The summed E-state index contributed by atoms with van der Waals surface area (Å²) < 4.78 is 16.1. The number of benzene rings is 1. The van der Waals surface area contributed by atoms with E-state index >= 15 is 0 Å². The molecule has 1 aromatic carbocycles. The molecule has 23 heavy (non-hydrogen) atoms. The minimum atomic E-state index is -1.32. The van der Waals surface area contributed by atoms with Crippen molar-refractivity contribution in [3.8, 4) is 16.8 Å². The number of hydrogen-bond acceptors (Lipinski definition) is 3. The highest BCUT2D eigenvalue weighted by Crippen LogP contribution is 2.18. The Bertz CT molecular complexity index is 942. The SMILES string of the molecule is Cn1cc(-n2cc(C(=O)O)c(=O)c(-c3ccc(F)cc3)c2)cn1. The van der Waals surface area contributed by atoms with Crippen LogP contribution in [0.3, 0.4) is 0 Å². The molecule has 0 saturated heterocycles. The summed E-state index contributed by atoms with van der Waals surface area (Å²) in [5.41, 5.74) is 0.240. The fraction of sp³-hybridized carbons (Fsp3) is 0.0625. The molecule has 0 fully saturated rings. The molecule has 0 bridgehead atoms. The van der Waals surface area contributed by atoms with Gasteiger partial charge in [-0.05, 0) is 17.7 Å². The molecule has 0 atom stereocenters. The fourth-order valence-electron chi connectivity index (χ4n) is 2.26. The molecule has 3 rings (SSSR count). The van der Waals surface area contributed by atoms with Gasteiger partial charge in [0.2, 0.25) is 5.43 Å².